The number of benzene rings is 1. The number of morpholine rings is 1. The van der Waals surface area contributed by atoms with Crippen LogP contribution in [-0.2, 0) is 4.74 Å². The topological polar surface area (TPSA) is 82.3 Å². The largest absolute Gasteiger partial charge is 0.372 e. The molecule has 0 spiro atoms. The maximum Gasteiger partial charge on any atom is 0.323 e. The van der Waals surface area contributed by atoms with E-state index >= 15 is 0 Å². The minimum Gasteiger partial charge on any atom is -0.372 e. The summed E-state index contributed by atoms with van der Waals surface area (Å²) in [4.78, 5) is 22.1. The second-order valence-corrected chi connectivity index (χ2v) is 8.01. The maximum absolute atomic E-state index is 12.4. The Morgan fingerprint density at radius 3 is 2.69 bits per heavy atom. The highest BCUT2D eigenvalue weighted by Gasteiger charge is 2.24. The first-order valence-corrected chi connectivity index (χ1v) is 10.0. The molecule has 2 aromatic heterocycles. The molecule has 2 amide bonds. The van der Waals surface area contributed by atoms with Crippen LogP contribution in [0.5, 0.6) is 0 Å². The second-order valence-electron chi connectivity index (χ2n) is 7.16. The number of anilines is 3. The standard InChI is InChI=1S/C20H21Cl2N5O2/c1-11-9-27(10-12(2)29-11)19-16(22)6-14(7-24-19)25-20(28)26-18-8-23-17-4-3-13(21)5-15(17)18/h3-8,11-12,23H,9-10H2,1-2H3,(H2,25,26,28)/t11-,12-/m0/s1. The molecular weight excluding hydrogens is 413 g/mol. The number of hydrogen-bond donors (Lipinski definition) is 3. The molecule has 9 heteroatoms. The van der Waals surface area contributed by atoms with Crippen LogP contribution in [-0.4, -0.2) is 41.3 Å². The molecule has 0 saturated carbocycles. The highest BCUT2D eigenvalue weighted by molar-refractivity contribution is 6.33. The van der Waals surface area contributed by atoms with Crippen molar-refractivity contribution in [3.05, 3.63) is 46.7 Å². The molecule has 1 fully saturated rings. The van der Waals surface area contributed by atoms with Gasteiger partial charge in [0.25, 0.3) is 0 Å². The van der Waals surface area contributed by atoms with E-state index in [-0.39, 0.29) is 12.2 Å². The Bertz CT molecular complexity index is 1040. The fourth-order valence-electron chi connectivity index (χ4n) is 3.56. The van der Waals surface area contributed by atoms with Crippen molar-refractivity contribution in [3.63, 3.8) is 0 Å². The quantitative estimate of drug-likeness (QED) is 0.534. The Labute approximate surface area is 178 Å². The average Bonchev–Trinajstić information content (AvgIpc) is 3.03. The number of amides is 2. The van der Waals surface area contributed by atoms with Crippen molar-refractivity contribution in [2.75, 3.05) is 28.6 Å². The molecule has 4 rings (SSSR count). The molecule has 3 aromatic rings. The predicted octanol–water partition coefficient (Wildman–Crippen LogP) is 5.13. The molecule has 1 aliphatic rings. The number of ether oxygens (including phenoxy) is 1. The Hall–Kier alpha value is -2.48. The summed E-state index contributed by atoms with van der Waals surface area (Å²) in [5.74, 6) is 0.686. The molecule has 0 radical (unpaired) electrons. The van der Waals surface area contributed by atoms with Gasteiger partial charge in [-0.3, -0.25) is 0 Å². The first-order valence-electron chi connectivity index (χ1n) is 9.29. The summed E-state index contributed by atoms with van der Waals surface area (Å²) >= 11 is 12.5. The number of H-pyrrole nitrogens is 1. The highest BCUT2D eigenvalue weighted by atomic mass is 35.5. The molecule has 152 valence electrons. The van der Waals surface area contributed by atoms with Crippen LogP contribution in [0.2, 0.25) is 10.0 Å². The Morgan fingerprint density at radius 1 is 1.21 bits per heavy atom. The molecule has 2 atom stereocenters. The SMILES string of the molecule is C[C@H]1CN(c2ncc(NC(=O)Nc3c[nH]c4ccc(Cl)cc34)cc2Cl)C[C@H](C)O1. The van der Waals surface area contributed by atoms with Crippen molar-refractivity contribution in [3.8, 4) is 0 Å². The number of nitrogens with zero attached hydrogens (tertiary/aromatic N) is 2. The third kappa shape index (κ3) is 4.42. The number of hydrogen-bond acceptors (Lipinski definition) is 4. The predicted molar refractivity (Wildman–Crippen MR) is 117 cm³/mol. The lowest BCUT2D eigenvalue weighted by molar-refractivity contribution is -0.00544. The van der Waals surface area contributed by atoms with E-state index in [1.54, 1.807) is 30.6 Å². The molecule has 3 N–H and O–H groups in total. The fourth-order valence-corrected chi connectivity index (χ4v) is 4.02. The number of urea groups is 1. The Kier molecular flexibility index (Phi) is 5.54. The number of aromatic amines is 1. The van der Waals surface area contributed by atoms with Gasteiger partial charge in [-0.1, -0.05) is 23.2 Å². The molecule has 1 aliphatic heterocycles. The van der Waals surface area contributed by atoms with Gasteiger partial charge in [0.2, 0.25) is 0 Å². The van der Waals surface area contributed by atoms with Crippen molar-refractivity contribution >= 4 is 57.3 Å². The number of pyridine rings is 1. The summed E-state index contributed by atoms with van der Waals surface area (Å²) in [5, 5.41) is 7.47. The van der Waals surface area contributed by atoms with Gasteiger partial charge in [0, 0.05) is 35.2 Å². The molecule has 1 aromatic carbocycles. The van der Waals surface area contributed by atoms with Gasteiger partial charge < -0.3 is 25.3 Å². The fraction of sp³-hybridized carbons (Fsp3) is 0.300. The molecule has 29 heavy (non-hydrogen) atoms. The summed E-state index contributed by atoms with van der Waals surface area (Å²) in [6.45, 7) is 5.48. The highest BCUT2D eigenvalue weighted by Crippen LogP contribution is 2.29. The van der Waals surface area contributed by atoms with Crippen LogP contribution in [0.1, 0.15) is 13.8 Å². The first kappa shape index (κ1) is 19.8. The minimum atomic E-state index is -0.398. The molecule has 0 bridgehead atoms. The van der Waals surface area contributed by atoms with Crippen LogP contribution in [0.15, 0.2) is 36.7 Å². The van der Waals surface area contributed by atoms with Gasteiger partial charge in [-0.25, -0.2) is 9.78 Å². The number of nitrogens with one attached hydrogen (secondary N) is 3. The summed E-state index contributed by atoms with van der Waals surface area (Å²) in [6, 6.07) is 6.73. The summed E-state index contributed by atoms with van der Waals surface area (Å²) in [7, 11) is 0. The number of carbonyl (C=O) groups excluding carboxylic acids is 1. The molecule has 3 heterocycles. The van der Waals surface area contributed by atoms with Crippen molar-refractivity contribution in [2.24, 2.45) is 0 Å². The van der Waals surface area contributed by atoms with Crippen LogP contribution < -0.4 is 15.5 Å². The molecular formula is C20H21Cl2N5O2. The van der Waals surface area contributed by atoms with Gasteiger partial charge in [-0.2, -0.15) is 0 Å². The lowest BCUT2D eigenvalue weighted by atomic mass is 10.2. The molecule has 7 nitrogen and oxygen atoms in total. The lowest BCUT2D eigenvalue weighted by Gasteiger charge is -2.36. The lowest BCUT2D eigenvalue weighted by Crippen LogP contribution is -2.46. The summed E-state index contributed by atoms with van der Waals surface area (Å²) < 4.78 is 5.75. The van der Waals surface area contributed by atoms with Gasteiger partial charge >= 0.3 is 6.03 Å². The van der Waals surface area contributed by atoms with Crippen LogP contribution in [0.3, 0.4) is 0 Å². The van der Waals surface area contributed by atoms with E-state index in [0.29, 0.717) is 40.3 Å². The van der Waals surface area contributed by atoms with Gasteiger partial charge in [0.1, 0.15) is 5.82 Å². The zero-order chi connectivity index (χ0) is 20.5. The second kappa shape index (κ2) is 8.10. The van der Waals surface area contributed by atoms with E-state index in [1.807, 2.05) is 19.9 Å². The number of rotatable bonds is 3. The van der Waals surface area contributed by atoms with Crippen molar-refractivity contribution in [1.82, 2.24) is 9.97 Å². The van der Waals surface area contributed by atoms with E-state index in [4.69, 9.17) is 27.9 Å². The van der Waals surface area contributed by atoms with Crippen LogP contribution >= 0.6 is 23.2 Å². The monoisotopic (exact) mass is 433 g/mol. The first-order chi connectivity index (χ1) is 13.9. The average molecular weight is 434 g/mol. The van der Waals surface area contributed by atoms with E-state index < -0.39 is 6.03 Å². The van der Waals surface area contributed by atoms with Gasteiger partial charge in [0.05, 0.1) is 34.8 Å². The zero-order valence-electron chi connectivity index (χ0n) is 16.0. The Morgan fingerprint density at radius 2 is 1.97 bits per heavy atom. The summed E-state index contributed by atoms with van der Waals surface area (Å²) in [5.41, 5.74) is 2.02. The van der Waals surface area contributed by atoms with E-state index in [1.165, 1.54) is 0 Å². The van der Waals surface area contributed by atoms with Crippen LogP contribution in [0.25, 0.3) is 10.9 Å². The van der Waals surface area contributed by atoms with Crippen LogP contribution in [0, 0.1) is 0 Å². The number of carbonyl (C=O) groups is 1. The number of fused-ring (bicyclic) bond motifs is 1. The minimum absolute atomic E-state index is 0.102. The van der Waals surface area contributed by atoms with E-state index in [2.05, 4.69) is 25.5 Å². The Balaban J connectivity index is 1.46. The number of aromatic nitrogens is 2. The molecule has 1 saturated heterocycles. The van der Waals surface area contributed by atoms with Crippen molar-refractivity contribution in [1.29, 1.82) is 0 Å². The van der Waals surface area contributed by atoms with Gasteiger partial charge in [-0.15, -0.1) is 0 Å². The zero-order valence-corrected chi connectivity index (χ0v) is 17.5. The summed E-state index contributed by atoms with van der Waals surface area (Å²) in [6.07, 6.45) is 3.52. The van der Waals surface area contributed by atoms with Crippen molar-refractivity contribution in [2.45, 2.75) is 26.1 Å². The van der Waals surface area contributed by atoms with Crippen molar-refractivity contribution < 1.29 is 9.53 Å². The number of halogens is 2. The molecule has 0 unspecified atom stereocenters. The third-order valence-corrected chi connectivity index (χ3v) is 5.20. The van der Waals surface area contributed by atoms with Gasteiger partial charge in [0.15, 0.2) is 0 Å². The smallest absolute Gasteiger partial charge is 0.323 e. The maximum atomic E-state index is 12.4. The van der Waals surface area contributed by atoms with E-state index in [9.17, 15) is 4.79 Å². The van der Waals surface area contributed by atoms with Crippen LogP contribution in [0.4, 0.5) is 22.0 Å². The van der Waals surface area contributed by atoms with Gasteiger partial charge in [-0.05, 0) is 38.1 Å². The molecule has 0 aliphatic carbocycles. The van der Waals surface area contributed by atoms with E-state index in [0.717, 1.165) is 10.9 Å². The normalized spacial score (nSPS) is 19.4. The third-order valence-electron chi connectivity index (χ3n) is 4.69.